The molecule has 2 aromatic rings. The second-order valence-corrected chi connectivity index (χ2v) is 6.09. The second kappa shape index (κ2) is 7.00. The molecule has 0 aliphatic carbocycles. The van der Waals surface area contributed by atoms with E-state index in [1.807, 2.05) is 25.2 Å². The zero-order valence-electron chi connectivity index (χ0n) is 13.5. The number of imidazole rings is 1. The number of carbonyl (C=O) groups excluding carboxylic acids is 1. The fourth-order valence-electron chi connectivity index (χ4n) is 3.19. The normalized spacial score (nSPS) is 16.0. The van der Waals surface area contributed by atoms with E-state index >= 15 is 0 Å². The van der Waals surface area contributed by atoms with Crippen molar-refractivity contribution in [3.05, 3.63) is 24.3 Å². The molecule has 6 nitrogen and oxygen atoms in total. The Morgan fingerprint density at radius 1 is 1.35 bits per heavy atom. The number of aliphatic hydroxyl groups excluding tert-OH is 1. The lowest BCUT2D eigenvalue weighted by Crippen LogP contribution is -2.41. The van der Waals surface area contributed by atoms with Crippen LogP contribution in [0.1, 0.15) is 19.3 Å². The lowest BCUT2D eigenvalue weighted by Gasteiger charge is -2.32. The number of rotatable bonds is 5. The molecule has 3 rings (SSSR count). The summed E-state index contributed by atoms with van der Waals surface area (Å²) in [5.41, 5.74) is 2.14. The fourth-order valence-corrected chi connectivity index (χ4v) is 3.19. The Bertz CT molecular complexity index is 674. The number of aliphatic hydroxyl groups is 1. The van der Waals surface area contributed by atoms with Gasteiger partial charge in [0.05, 0.1) is 11.0 Å². The van der Waals surface area contributed by atoms with Gasteiger partial charge in [-0.3, -0.25) is 4.79 Å². The van der Waals surface area contributed by atoms with Crippen molar-refractivity contribution in [1.29, 1.82) is 0 Å². The quantitative estimate of drug-likeness (QED) is 0.816. The highest BCUT2D eigenvalue weighted by atomic mass is 16.3. The first-order valence-corrected chi connectivity index (χ1v) is 8.25. The third-order valence-corrected chi connectivity index (χ3v) is 4.55. The number of amides is 1. The number of fused-ring (bicyclic) bond motifs is 1. The molecule has 6 heteroatoms. The maximum Gasteiger partial charge on any atom is 0.223 e. The van der Waals surface area contributed by atoms with E-state index in [4.69, 9.17) is 10.1 Å². The molecule has 1 amide bonds. The molecule has 1 saturated heterocycles. The van der Waals surface area contributed by atoms with Crippen LogP contribution in [-0.4, -0.2) is 46.8 Å². The summed E-state index contributed by atoms with van der Waals surface area (Å²) in [7, 11) is 2.04. The van der Waals surface area contributed by atoms with Crippen molar-refractivity contribution in [3.63, 3.8) is 0 Å². The summed E-state index contributed by atoms with van der Waals surface area (Å²) in [5.74, 6) is 1.16. The third-order valence-electron chi connectivity index (χ3n) is 4.55. The largest absolute Gasteiger partial charge is 0.396 e. The van der Waals surface area contributed by atoms with Gasteiger partial charge in [0.1, 0.15) is 0 Å². The van der Waals surface area contributed by atoms with Crippen LogP contribution < -0.4 is 10.2 Å². The van der Waals surface area contributed by atoms with E-state index in [2.05, 4.69) is 20.9 Å². The van der Waals surface area contributed by atoms with E-state index < -0.39 is 0 Å². The van der Waals surface area contributed by atoms with E-state index in [0.717, 1.165) is 42.9 Å². The number of hydrogen-bond donors (Lipinski definition) is 2. The van der Waals surface area contributed by atoms with Crippen molar-refractivity contribution >= 4 is 22.9 Å². The molecular weight excluding hydrogens is 292 g/mol. The average molecular weight is 316 g/mol. The van der Waals surface area contributed by atoms with Crippen molar-refractivity contribution in [3.8, 4) is 0 Å². The van der Waals surface area contributed by atoms with E-state index in [9.17, 15) is 4.79 Å². The van der Waals surface area contributed by atoms with Crippen LogP contribution in [0.15, 0.2) is 24.3 Å². The minimum absolute atomic E-state index is 0.0691. The molecule has 23 heavy (non-hydrogen) atoms. The number of carbonyl (C=O) groups is 1. The van der Waals surface area contributed by atoms with Gasteiger partial charge in [0.2, 0.25) is 11.9 Å². The first kappa shape index (κ1) is 15.8. The number of nitrogens with zero attached hydrogens (tertiary/aromatic N) is 3. The molecule has 1 fully saturated rings. The Kier molecular flexibility index (Phi) is 4.81. The van der Waals surface area contributed by atoms with E-state index in [0.29, 0.717) is 13.0 Å². The Balaban J connectivity index is 1.62. The van der Waals surface area contributed by atoms with E-state index in [1.54, 1.807) is 0 Å². The van der Waals surface area contributed by atoms with Crippen LogP contribution >= 0.6 is 0 Å². The van der Waals surface area contributed by atoms with Crippen LogP contribution in [0, 0.1) is 5.92 Å². The molecule has 0 unspecified atom stereocenters. The van der Waals surface area contributed by atoms with Crippen LogP contribution in [0.2, 0.25) is 0 Å². The third kappa shape index (κ3) is 3.32. The molecule has 2 N–H and O–H groups in total. The summed E-state index contributed by atoms with van der Waals surface area (Å²) in [4.78, 5) is 19.1. The molecule has 0 radical (unpaired) electrons. The summed E-state index contributed by atoms with van der Waals surface area (Å²) in [6.45, 7) is 2.36. The van der Waals surface area contributed by atoms with Gasteiger partial charge in [-0.05, 0) is 31.4 Å². The lowest BCUT2D eigenvalue weighted by atomic mass is 9.96. The van der Waals surface area contributed by atoms with Crippen LogP contribution in [0.25, 0.3) is 11.0 Å². The van der Waals surface area contributed by atoms with Crippen LogP contribution in [0.4, 0.5) is 5.95 Å². The van der Waals surface area contributed by atoms with Crippen molar-refractivity contribution in [1.82, 2.24) is 14.9 Å². The molecule has 1 aromatic carbocycles. The molecule has 1 aromatic heterocycles. The zero-order chi connectivity index (χ0) is 16.2. The second-order valence-electron chi connectivity index (χ2n) is 6.09. The Labute approximate surface area is 136 Å². The Morgan fingerprint density at radius 3 is 2.78 bits per heavy atom. The molecule has 1 aliphatic rings. The Hall–Kier alpha value is -2.08. The number of hydrogen-bond acceptors (Lipinski definition) is 4. The molecule has 0 bridgehead atoms. The summed E-state index contributed by atoms with van der Waals surface area (Å²) in [6.07, 6.45) is 2.30. The van der Waals surface area contributed by atoms with Gasteiger partial charge in [-0.15, -0.1) is 0 Å². The minimum atomic E-state index is 0.0691. The highest BCUT2D eigenvalue weighted by Gasteiger charge is 2.26. The number of para-hydroxylation sites is 2. The van der Waals surface area contributed by atoms with Gasteiger partial charge in [-0.25, -0.2) is 4.98 Å². The number of piperidine rings is 1. The predicted molar refractivity (Wildman–Crippen MR) is 90.4 cm³/mol. The number of anilines is 1. The first-order chi connectivity index (χ1) is 11.2. The number of nitrogens with one attached hydrogen (secondary N) is 1. The highest BCUT2D eigenvalue weighted by molar-refractivity contribution is 5.80. The van der Waals surface area contributed by atoms with Gasteiger partial charge < -0.3 is 19.9 Å². The van der Waals surface area contributed by atoms with Gasteiger partial charge >= 0.3 is 0 Å². The van der Waals surface area contributed by atoms with E-state index in [-0.39, 0.29) is 18.4 Å². The van der Waals surface area contributed by atoms with Crippen molar-refractivity contribution < 1.29 is 9.90 Å². The number of aryl methyl sites for hydroxylation is 1. The molecule has 1 aliphatic heterocycles. The van der Waals surface area contributed by atoms with Crippen LogP contribution in [0.3, 0.4) is 0 Å². The summed E-state index contributed by atoms with van der Waals surface area (Å²) in [5, 5.41) is 11.7. The van der Waals surface area contributed by atoms with Gasteiger partial charge in [-0.2, -0.15) is 0 Å². The number of aromatic nitrogens is 2. The smallest absolute Gasteiger partial charge is 0.223 e. The molecular formula is C17H24N4O2. The highest BCUT2D eigenvalue weighted by Crippen LogP contribution is 2.25. The number of benzene rings is 1. The molecule has 0 atom stereocenters. The van der Waals surface area contributed by atoms with Crippen LogP contribution in [-0.2, 0) is 11.8 Å². The first-order valence-electron chi connectivity index (χ1n) is 8.25. The van der Waals surface area contributed by atoms with E-state index in [1.165, 1.54) is 0 Å². The molecule has 0 saturated carbocycles. The monoisotopic (exact) mass is 316 g/mol. The maximum atomic E-state index is 12.1. The fraction of sp³-hybridized carbons (Fsp3) is 0.529. The Morgan fingerprint density at radius 2 is 2.09 bits per heavy atom. The van der Waals surface area contributed by atoms with Gasteiger partial charge in [0.15, 0.2) is 0 Å². The zero-order valence-corrected chi connectivity index (χ0v) is 13.5. The van der Waals surface area contributed by atoms with Gasteiger partial charge in [0.25, 0.3) is 0 Å². The van der Waals surface area contributed by atoms with Crippen molar-refractivity contribution in [2.75, 3.05) is 31.1 Å². The van der Waals surface area contributed by atoms with Crippen molar-refractivity contribution in [2.24, 2.45) is 13.0 Å². The standard InChI is InChI=1S/C17H24N4O2/c1-20-15-6-3-2-5-14(15)19-17(20)21-10-7-13(8-11-21)16(23)18-9-4-12-22/h2-3,5-6,13,22H,4,7-12H2,1H3,(H,18,23). The maximum absolute atomic E-state index is 12.1. The van der Waals surface area contributed by atoms with Gasteiger partial charge in [0, 0.05) is 39.2 Å². The average Bonchev–Trinajstić information content (AvgIpc) is 2.92. The topological polar surface area (TPSA) is 70.4 Å². The van der Waals surface area contributed by atoms with Gasteiger partial charge in [-0.1, -0.05) is 12.1 Å². The summed E-state index contributed by atoms with van der Waals surface area (Å²) < 4.78 is 2.12. The predicted octanol–water partition coefficient (Wildman–Crippen LogP) is 1.29. The minimum Gasteiger partial charge on any atom is -0.396 e. The van der Waals surface area contributed by atoms with Crippen molar-refractivity contribution in [2.45, 2.75) is 19.3 Å². The van der Waals surface area contributed by atoms with Crippen LogP contribution in [0.5, 0.6) is 0 Å². The molecule has 2 heterocycles. The molecule has 124 valence electrons. The summed E-state index contributed by atoms with van der Waals surface area (Å²) in [6, 6.07) is 8.13. The summed E-state index contributed by atoms with van der Waals surface area (Å²) >= 11 is 0. The molecule has 0 spiro atoms. The lowest BCUT2D eigenvalue weighted by molar-refractivity contribution is -0.125. The SMILES string of the molecule is Cn1c(N2CCC(C(=O)NCCCO)CC2)nc2ccccc21.